The summed E-state index contributed by atoms with van der Waals surface area (Å²) < 4.78 is 14.1. The average Bonchev–Trinajstić information content (AvgIpc) is 3.25. The fraction of sp³-hybridized carbons (Fsp3) is 0.545. The van der Waals surface area contributed by atoms with Crippen molar-refractivity contribution in [1.82, 2.24) is 19.4 Å². The molecule has 7 nitrogen and oxygen atoms in total. The molecule has 30 heavy (non-hydrogen) atoms. The average molecular weight is 431 g/mol. The third kappa shape index (κ3) is 3.87. The molecule has 8 heteroatoms. The Kier molecular flexibility index (Phi) is 5.54. The molecule has 1 aromatic heterocycles. The number of rotatable bonds is 3. The van der Waals surface area contributed by atoms with Gasteiger partial charge < -0.3 is 18.9 Å². The van der Waals surface area contributed by atoms with Crippen LogP contribution in [-0.4, -0.2) is 70.8 Å². The van der Waals surface area contributed by atoms with Crippen molar-refractivity contribution in [1.29, 1.82) is 0 Å². The smallest absolute Gasteiger partial charge is 0.253 e. The summed E-state index contributed by atoms with van der Waals surface area (Å²) >= 11 is 6.14. The van der Waals surface area contributed by atoms with Crippen LogP contribution in [0.4, 0.5) is 0 Å². The summed E-state index contributed by atoms with van der Waals surface area (Å²) in [5.41, 5.74) is 0.712. The molecule has 5 rings (SSSR count). The Hall–Kier alpha value is -1.93. The number of nitrogens with zero attached hydrogens (tertiary/aromatic N) is 4. The number of halogens is 1. The molecule has 2 fully saturated rings. The minimum absolute atomic E-state index is 0.0679. The first-order valence-electron chi connectivity index (χ1n) is 10.7. The van der Waals surface area contributed by atoms with E-state index in [2.05, 4.69) is 20.5 Å². The third-order valence-electron chi connectivity index (χ3n) is 6.41. The lowest BCUT2D eigenvalue weighted by Crippen LogP contribution is -2.55. The van der Waals surface area contributed by atoms with E-state index in [9.17, 15) is 4.79 Å². The zero-order chi connectivity index (χ0) is 20.6. The molecule has 2 saturated heterocycles. The number of fused-ring (bicyclic) bond motifs is 2. The second-order valence-corrected chi connectivity index (χ2v) is 8.78. The van der Waals surface area contributed by atoms with Crippen LogP contribution in [0.15, 0.2) is 36.7 Å². The standard InChI is InChI=1S/C22H27ClN4O3/c23-18-3-1-2-17(14-18)15-25-7-4-22(5-8-25)21-24-6-9-27(21)16-19(30-22)20(28)26-10-12-29-13-11-26/h1-3,6,9,14,19H,4-5,7-8,10-13,15-16H2. The Bertz CT molecular complexity index is 903. The van der Waals surface area contributed by atoms with Crippen molar-refractivity contribution < 1.29 is 14.3 Å². The Morgan fingerprint density at radius 2 is 2.00 bits per heavy atom. The van der Waals surface area contributed by atoms with E-state index < -0.39 is 11.7 Å². The van der Waals surface area contributed by atoms with E-state index in [1.54, 1.807) is 0 Å². The lowest BCUT2D eigenvalue weighted by atomic mass is 9.88. The van der Waals surface area contributed by atoms with Crippen LogP contribution in [-0.2, 0) is 33.0 Å². The highest BCUT2D eigenvalue weighted by Gasteiger charge is 2.47. The highest BCUT2D eigenvalue weighted by Crippen LogP contribution is 2.40. The predicted molar refractivity (Wildman–Crippen MR) is 112 cm³/mol. The minimum Gasteiger partial charge on any atom is -0.378 e. The maximum absolute atomic E-state index is 13.1. The monoisotopic (exact) mass is 430 g/mol. The number of piperidine rings is 1. The molecule has 3 aliphatic rings. The van der Waals surface area contributed by atoms with Gasteiger partial charge >= 0.3 is 0 Å². The van der Waals surface area contributed by atoms with Crippen LogP contribution in [0.5, 0.6) is 0 Å². The molecule has 2 aromatic rings. The summed E-state index contributed by atoms with van der Waals surface area (Å²) in [6.07, 6.45) is 4.96. The van der Waals surface area contributed by atoms with E-state index in [0.29, 0.717) is 32.8 Å². The van der Waals surface area contributed by atoms with E-state index in [0.717, 1.165) is 43.3 Å². The molecule has 0 bridgehead atoms. The summed E-state index contributed by atoms with van der Waals surface area (Å²) in [5.74, 6) is 1.02. The number of hydrogen-bond acceptors (Lipinski definition) is 5. The number of carbonyl (C=O) groups is 1. The van der Waals surface area contributed by atoms with Crippen LogP contribution < -0.4 is 0 Å². The molecule has 0 radical (unpaired) electrons. The molecule has 160 valence electrons. The van der Waals surface area contributed by atoms with Crippen LogP contribution in [0.3, 0.4) is 0 Å². The van der Waals surface area contributed by atoms with Crippen LogP contribution in [0.25, 0.3) is 0 Å². The van der Waals surface area contributed by atoms with E-state index in [1.807, 2.05) is 35.5 Å². The van der Waals surface area contributed by atoms with Gasteiger partial charge in [0.1, 0.15) is 11.4 Å². The van der Waals surface area contributed by atoms with Gasteiger partial charge in [-0.3, -0.25) is 9.69 Å². The summed E-state index contributed by atoms with van der Waals surface area (Å²) in [6.45, 7) is 5.62. The second-order valence-electron chi connectivity index (χ2n) is 8.35. The third-order valence-corrected chi connectivity index (χ3v) is 6.65. The molecule has 4 heterocycles. The van der Waals surface area contributed by atoms with Gasteiger partial charge in [0.25, 0.3) is 5.91 Å². The molecular weight excluding hydrogens is 404 g/mol. The lowest BCUT2D eigenvalue weighted by molar-refractivity contribution is -0.183. The molecule has 0 saturated carbocycles. The van der Waals surface area contributed by atoms with E-state index in [1.165, 1.54) is 5.56 Å². The number of carbonyl (C=O) groups excluding carboxylic acids is 1. The van der Waals surface area contributed by atoms with Gasteiger partial charge in [-0.15, -0.1) is 0 Å². The first-order chi connectivity index (χ1) is 14.6. The molecule has 1 atom stereocenters. The van der Waals surface area contributed by atoms with Crippen molar-refractivity contribution in [2.75, 3.05) is 39.4 Å². The van der Waals surface area contributed by atoms with Crippen LogP contribution >= 0.6 is 11.6 Å². The predicted octanol–water partition coefficient (Wildman–Crippen LogP) is 2.29. The fourth-order valence-corrected chi connectivity index (χ4v) is 5.03. The lowest BCUT2D eigenvalue weighted by Gasteiger charge is -2.46. The van der Waals surface area contributed by atoms with Crippen molar-refractivity contribution in [3.8, 4) is 0 Å². The summed E-state index contributed by atoms with van der Waals surface area (Å²) in [6, 6.07) is 8.02. The molecule has 0 aliphatic carbocycles. The SMILES string of the molecule is O=C(C1Cn2ccnc2C2(CCN(Cc3cccc(Cl)c3)CC2)O1)N1CCOCC1. The Morgan fingerprint density at radius 3 is 2.77 bits per heavy atom. The van der Waals surface area contributed by atoms with Gasteiger partial charge in [-0.2, -0.15) is 0 Å². The minimum atomic E-state index is -0.501. The number of likely N-dealkylation sites (tertiary alicyclic amines) is 1. The van der Waals surface area contributed by atoms with E-state index >= 15 is 0 Å². The number of ether oxygens (including phenoxy) is 2. The Balaban J connectivity index is 1.30. The first-order valence-corrected chi connectivity index (χ1v) is 11.0. The fourth-order valence-electron chi connectivity index (χ4n) is 4.82. The van der Waals surface area contributed by atoms with Gasteiger partial charge in [0.05, 0.1) is 19.8 Å². The van der Waals surface area contributed by atoms with Crippen LogP contribution in [0.2, 0.25) is 5.02 Å². The van der Waals surface area contributed by atoms with Gasteiger partial charge in [0, 0.05) is 50.1 Å². The summed E-state index contributed by atoms with van der Waals surface area (Å²) in [4.78, 5) is 22.0. The van der Waals surface area contributed by atoms with Crippen molar-refractivity contribution in [3.05, 3.63) is 53.1 Å². The molecule has 3 aliphatic heterocycles. The highest BCUT2D eigenvalue weighted by molar-refractivity contribution is 6.30. The van der Waals surface area contributed by atoms with Crippen molar-refractivity contribution in [3.63, 3.8) is 0 Å². The Morgan fingerprint density at radius 1 is 1.20 bits per heavy atom. The molecule has 1 amide bonds. The topological polar surface area (TPSA) is 59.8 Å². The van der Waals surface area contributed by atoms with Gasteiger partial charge in [-0.1, -0.05) is 23.7 Å². The maximum atomic E-state index is 13.1. The number of hydrogen-bond donors (Lipinski definition) is 0. The molecule has 0 N–H and O–H groups in total. The molecule has 1 aromatic carbocycles. The molecule has 1 spiro atoms. The second kappa shape index (κ2) is 8.30. The van der Waals surface area contributed by atoms with Gasteiger partial charge in [-0.05, 0) is 30.5 Å². The summed E-state index contributed by atoms with van der Waals surface area (Å²) in [5, 5.41) is 0.767. The van der Waals surface area contributed by atoms with Crippen LogP contribution in [0, 0.1) is 0 Å². The normalized spacial score (nSPS) is 24.0. The number of aromatic nitrogens is 2. The zero-order valence-electron chi connectivity index (χ0n) is 17.0. The van der Waals surface area contributed by atoms with E-state index in [4.69, 9.17) is 21.1 Å². The van der Waals surface area contributed by atoms with Crippen molar-refractivity contribution >= 4 is 17.5 Å². The molecular formula is C22H27ClN4O3. The number of imidazole rings is 1. The van der Waals surface area contributed by atoms with E-state index in [-0.39, 0.29) is 5.91 Å². The van der Waals surface area contributed by atoms with Gasteiger partial charge in [-0.25, -0.2) is 4.98 Å². The van der Waals surface area contributed by atoms with Crippen molar-refractivity contribution in [2.45, 2.75) is 37.6 Å². The quantitative estimate of drug-likeness (QED) is 0.747. The van der Waals surface area contributed by atoms with Crippen molar-refractivity contribution in [2.24, 2.45) is 0 Å². The van der Waals surface area contributed by atoms with Gasteiger partial charge in [0.15, 0.2) is 6.10 Å². The van der Waals surface area contributed by atoms with Crippen LogP contribution in [0.1, 0.15) is 24.2 Å². The number of amides is 1. The first kappa shape index (κ1) is 20.0. The largest absolute Gasteiger partial charge is 0.378 e. The number of morpholine rings is 1. The summed E-state index contributed by atoms with van der Waals surface area (Å²) in [7, 11) is 0. The maximum Gasteiger partial charge on any atom is 0.253 e. The Labute approximate surface area is 181 Å². The number of benzene rings is 1. The van der Waals surface area contributed by atoms with Gasteiger partial charge in [0.2, 0.25) is 0 Å². The molecule has 1 unspecified atom stereocenters. The highest BCUT2D eigenvalue weighted by atomic mass is 35.5. The zero-order valence-corrected chi connectivity index (χ0v) is 17.8.